The normalized spacial score (nSPS) is 11.4. The molecule has 0 aliphatic rings. The third-order valence-electron chi connectivity index (χ3n) is 9.96. The lowest BCUT2D eigenvalue weighted by Gasteiger charge is -2.26. The smallest absolute Gasteiger partial charge is 0.0541 e. The Morgan fingerprint density at radius 2 is 0.980 bits per heavy atom. The van der Waals surface area contributed by atoms with Crippen molar-refractivity contribution in [2.45, 2.75) is 13.3 Å². The Kier molecular flexibility index (Phi) is 7.48. The molecule has 0 N–H and O–H groups in total. The Bertz CT molecular complexity index is 2550. The molecule has 0 fully saturated rings. The molecular formula is C48H36N2. The lowest BCUT2D eigenvalue weighted by molar-refractivity contribution is 1.13. The number of hydrogen-bond acceptors (Lipinski definition) is 1. The van der Waals surface area contributed by atoms with Gasteiger partial charge in [0.25, 0.3) is 0 Å². The largest absolute Gasteiger partial charge is 0.310 e. The zero-order valence-electron chi connectivity index (χ0n) is 28.0. The number of rotatable bonds is 7. The topological polar surface area (TPSA) is 8.17 Å². The predicted molar refractivity (Wildman–Crippen MR) is 213 cm³/mol. The van der Waals surface area contributed by atoms with Gasteiger partial charge in [0.1, 0.15) is 0 Å². The summed E-state index contributed by atoms with van der Waals surface area (Å²) in [6, 6.07) is 68.3. The van der Waals surface area contributed by atoms with Crippen LogP contribution >= 0.6 is 0 Å². The summed E-state index contributed by atoms with van der Waals surface area (Å²) >= 11 is 0. The van der Waals surface area contributed by atoms with Gasteiger partial charge in [-0.2, -0.15) is 0 Å². The lowest BCUT2D eigenvalue weighted by Crippen LogP contribution is -2.10. The fourth-order valence-corrected chi connectivity index (χ4v) is 7.53. The van der Waals surface area contributed by atoms with Gasteiger partial charge < -0.3 is 9.47 Å². The van der Waals surface area contributed by atoms with Gasteiger partial charge in [-0.1, -0.05) is 140 Å². The molecule has 9 rings (SSSR count). The molecule has 9 aromatic rings. The van der Waals surface area contributed by atoms with Crippen molar-refractivity contribution in [1.82, 2.24) is 4.57 Å². The van der Waals surface area contributed by atoms with Gasteiger partial charge in [-0.05, 0) is 99.6 Å². The summed E-state index contributed by atoms with van der Waals surface area (Å²) < 4.78 is 2.39. The molecule has 0 bridgehead atoms. The maximum Gasteiger partial charge on any atom is 0.0541 e. The Morgan fingerprint density at radius 1 is 0.440 bits per heavy atom. The van der Waals surface area contributed by atoms with E-state index in [1.807, 2.05) is 0 Å². The van der Waals surface area contributed by atoms with Crippen LogP contribution in [0.3, 0.4) is 0 Å². The molecule has 0 aliphatic carbocycles. The first-order chi connectivity index (χ1) is 24.8. The summed E-state index contributed by atoms with van der Waals surface area (Å²) in [6.07, 6.45) is 1.01. The Labute approximate surface area is 293 Å². The molecule has 0 spiro atoms. The molecule has 2 nitrogen and oxygen atoms in total. The first-order valence-corrected chi connectivity index (χ1v) is 17.4. The van der Waals surface area contributed by atoms with E-state index in [1.165, 1.54) is 60.4 Å². The summed E-state index contributed by atoms with van der Waals surface area (Å²) in [7, 11) is 0. The number of anilines is 3. The van der Waals surface area contributed by atoms with Crippen molar-refractivity contribution in [3.8, 4) is 27.9 Å². The summed E-state index contributed by atoms with van der Waals surface area (Å²) in [5, 5.41) is 5.05. The summed E-state index contributed by atoms with van der Waals surface area (Å²) in [5.41, 5.74) is 13.1. The molecule has 0 saturated carbocycles. The van der Waals surface area contributed by atoms with E-state index in [1.54, 1.807) is 0 Å². The molecule has 0 aliphatic heterocycles. The number of hydrogen-bond donors (Lipinski definition) is 0. The van der Waals surface area contributed by atoms with E-state index < -0.39 is 0 Å². The van der Waals surface area contributed by atoms with E-state index in [9.17, 15) is 0 Å². The fourth-order valence-electron chi connectivity index (χ4n) is 7.53. The van der Waals surface area contributed by atoms with Crippen LogP contribution in [0.5, 0.6) is 0 Å². The number of para-hydroxylation sites is 2. The quantitative estimate of drug-likeness (QED) is 0.168. The Balaban J connectivity index is 1.18. The molecule has 0 unspecified atom stereocenters. The van der Waals surface area contributed by atoms with Crippen LogP contribution in [-0.4, -0.2) is 4.57 Å². The highest BCUT2D eigenvalue weighted by atomic mass is 15.1. The molecule has 2 heteroatoms. The third kappa shape index (κ3) is 5.14. The molecule has 8 aromatic carbocycles. The van der Waals surface area contributed by atoms with Gasteiger partial charge in [-0.3, -0.25) is 0 Å². The second kappa shape index (κ2) is 12.6. The molecule has 1 heterocycles. The summed E-state index contributed by atoms with van der Waals surface area (Å²) in [4.78, 5) is 2.37. The van der Waals surface area contributed by atoms with E-state index in [0.29, 0.717) is 0 Å². The van der Waals surface area contributed by atoms with E-state index in [4.69, 9.17) is 0 Å². The van der Waals surface area contributed by atoms with Gasteiger partial charge in [0, 0.05) is 33.5 Å². The monoisotopic (exact) mass is 640 g/mol. The minimum Gasteiger partial charge on any atom is -0.310 e. The van der Waals surface area contributed by atoms with Crippen LogP contribution in [0.2, 0.25) is 0 Å². The van der Waals surface area contributed by atoms with Crippen molar-refractivity contribution >= 4 is 49.6 Å². The lowest BCUT2D eigenvalue weighted by atomic mass is 9.91. The van der Waals surface area contributed by atoms with Crippen LogP contribution in [0.25, 0.3) is 60.5 Å². The Hall–Kier alpha value is -6.38. The van der Waals surface area contributed by atoms with E-state index in [0.717, 1.165) is 29.2 Å². The van der Waals surface area contributed by atoms with Crippen molar-refractivity contribution in [2.75, 3.05) is 4.90 Å². The van der Waals surface area contributed by atoms with Crippen molar-refractivity contribution in [2.24, 2.45) is 0 Å². The second-order valence-corrected chi connectivity index (χ2v) is 12.9. The average Bonchev–Trinajstić information content (AvgIpc) is 3.53. The van der Waals surface area contributed by atoms with Gasteiger partial charge in [0.15, 0.2) is 0 Å². The third-order valence-corrected chi connectivity index (χ3v) is 9.96. The molecule has 0 radical (unpaired) electrons. The standard InChI is InChI=1S/C48H36N2/c1-2-34-25-29-38(30-26-34)49(40-17-12-18-41(33-40)50-46-23-8-6-19-44(46)45-20-7-9-24-47(45)50)39-31-27-36(28-32-39)43-22-11-16-37-15-10-21-42(48(37)43)35-13-4-3-5-14-35/h3-33H,2H2,1H3. The molecule has 0 atom stereocenters. The number of aryl methyl sites for hydroxylation is 1. The summed E-state index contributed by atoms with van der Waals surface area (Å²) in [5.74, 6) is 0. The van der Waals surface area contributed by atoms with Crippen LogP contribution in [0, 0.1) is 0 Å². The van der Waals surface area contributed by atoms with E-state index in [-0.39, 0.29) is 0 Å². The zero-order valence-corrected chi connectivity index (χ0v) is 28.0. The molecule has 238 valence electrons. The molecule has 50 heavy (non-hydrogen) atoms. The highest BCUT2D eigenvalue weighted by molar-refractivity contribution is 6.09. The SMILES string of the molecule is CCc1ccc(N(c2ccc(-c3cccc4cccc(-c5ccccc5)c34)cc2)c2cccc(-n3c4ccccc4c4ccccc43)c2)cc1. The van der Waals surface area contributed by atoms with Crippen LogP contribution in [0.15, 0.2) is 188 Å². The highest BCUT2D eigenvalue weighted by Gasteiger charge is 2.17. The second-order valence-electron chi connectivity index (χ2n) is 12.9. The average molecular weight is 641 g/mol. The van der Waals surface area contributed by atoms with Crippen molar-refractivity contribution in [1.29, 1.82) is 0 Å². The maximum absolute atomic E-state index is 2.39. The van der Waals surface area contributed by atoms with Crippen LogP contribution in [0.1, 0.15) is 12.5 Å². The van der Waals surface area contributed by atoms with Crippen LogP contribution < -0.4 is 4.90 Å². The molecular weight excluding hydrogens is 605 g/mol. The predicted octanol–water partition coefficient (Wildman–Crippen LogP) is 13.3. The number of benzene rings is 8. The first-order valence-electron chi connectivity index (χ1n) is 17.4. The van der Waals surface area contributed by atoms with Gasteiger partial charge >= 0.3 is 0 Å². The van der Waals surface area contributed by atoms with Gasteiger partial charge in [-0.25, -0.2) is 0 Å². The number of aromatic nitrogens is 1. The fraction of sp³-hybridized carbons (Fsp3) is 0.0417. The van der Waals surface area contributed by atoms with Crippen molar-refractivity contribution in [3.63, 3.8) is 0 Å². The first kappa shape index (κ1) is 29.7. The van der Waals surface area contributed by atoms with Crippen LogP contribution in [0.4, 0.5) is 17.1 Å². The number of fused-ring (bicyclic) bond motifs is 4. The summed E-state index contributed by atoms with van der Waals surface area (Å²) in [6.45, 7) is 2.21. The maximum atomic E-state index is 2.39. The zero-order chi connectivity index (χ0) is 33.4. The molecule has 0 amide bonds. The van der Waals surface area contributed by atoms with Crippen molar-refractivity contribution < 1.29 is 0 Å². The minimum absolute atomic E-state index is 1.01. The minimum atomic E-state index is 1.01. The van der Waals surface area contributed by atoms with E-state index >= 15 is 0 Å². The van der Waals surface area contributed by atoms with Gasteiger partial charge in [0.05, 0.1) is 11.0 Å². The Morgan fingerprint density at radius 3 is 1.60 bits per heavy atom. The molecule has 1 aromatic heterocycles. The van der Waals surface area contributed by atoms with Gasteiger partial charge in [0.2, 0.25) is 0 Å². The number of nitrogens with zero attached hydrogens (tertiary/aromatic N) is 2. The highest BCUT2D eigenvalue weighted by Crippen LogP contribution is 2.41. The molecule has 0 saturated heterocycles. The van der Waals surface area contributed by atoms with Crippen LogP contribution in [-0.2, 0) is 6.42 Å². The van der Waals surface area contributed by atoms with Gasteiger partial charge in [-0.15, -0.1) is 0 Å². The van der Waals surface area contributed by atoms with E-state index in [2.05, 4.69) is 204 Å². The van der Waals surface area contributed by atoms with Crippen molar-refractivity contribution in [3.05, 3.63) is 194 Å².